The van der Waals surface area contributed by atoms with Crippen molar-refractivity contribution in [2.24, 2.45) is 5.92 Å². The molecule has 2 aliphatic rings. The second kappa shape index (κ2) is 10.0. The van der Waals surface area contributed by atoms with E-state index in [9.17, 15) is 9.90 Å². The summed E-state index contributed by atoms with van der Waals surface area (Å²) < 4.78 is 17.0. The number of benzene rings is 1. The van der Waals surface area contributed by atoms with Gasteiger partial charge in [0.2, 0.25) is 5.89 Å². The number of aryl methyl sites for hydroxylation is 1. The van der Waals surface area contributed by atoms with Gasteiger partial charge in [-0.05, 0) is 51.8 Å². The van der Waals surface area contributed by atoms with Crippen molar-refractivity contribution >= 4 is 23.0 Å². The molecule has 37 heavy (non-hydrogen) atoms. The summed E-state index contributed by atoms with van der Waals surface area (Å²) in [6.45, 7) is 7.33. The minimum Gasteiger partial charge on any atom is -0.491 e. The fourth-order valence-corrected chi connectivity index (χ4v) is 4.36. The predicted octanol–water partition coefficient (Wildman–Crippen LogP) is 4.06. The molecule has 0 bridgehead atoms. The van der Waals surface area contributed by atoms with Crippen molar-refractivity contribution in [2.45, 2.75) is 45.4 Å². The van der Waals surface area contributed by atoms with Gasteiger partial charge in [0.15, 0.2) is 5.69 Å². The molecule has 1 unspecified atom stereocenters. The van der Waals surface area contributed by atoms with Crippen LogP contribution in [0.1, 0.15) is 42.9 Å². The average molecular weight is 508 g/mol. The smallest absolute Gasteiger partial charge is 0.277 e. The SMILES string of the molecule is Cc1cc(-c2nc(C(=O)Nc3cc4c(cc3OCC3COC3)NC(CCC(C)(C)O)N4C)co2)ccn1. The first-order valence-electron chi connectivity index (χ1n) is 12.5. The van der Waals surface area contributed by atoms with Gasteiger partial charge in [-0.1, -0.05) is 0 Å². The van der Waals surface area contributed by atoms with Crippen LogP contribution in [0.4, 0.5) is 17.1 Å². The number of carbonyl (C=O) groups excluding carboxylic acids is 1. The lowest BCUT2D eigenvalue weighted by atomic mass is 10.0. The number of nitrogens with zero attached hydrogens (tertiary/aromatic N) is 3. The van der Waals surface area contributed by atoms with Crippen LogP contribution in [-0.2, 0) is 4.74 Å². The molecule has 0 spiro atoms. The number of anilines is 3. The van der Waals surface area contributed by atoms with Gasteiger partial charge in [-0.15, -0.1) is 0 Å². The molecule has 1 aromatic carbocycles. The number of pyridine rings is 1. The summed E-state index contributed by atoms with van der Waals surface area (Å²) >= 11 is 0. The van der Waals surface area contributed by atoms with Crippen LogP contribution in [-0.4, -0.2) is 59.6 Å². The molecule has 10 nitrogen and oxygen atoms in total. The lowest BCUT2D eigenvalue weighted by Gasteiger charge is -2.26. The van der Waals surface area contributed by atoms with Gasteiger partial charge in [-0.3, -0.25) is 9.78 Å². The first-order chi connectivity index (χ1) is 17.7. The van der Waals surface area contributed by atoms with Crippen LogP contribution in [0.2, 0.25) is 0 Å². The number of aromatic nitrogens is 2. The molecule has 2 aromatic heterocycles. The monoisotopic (exact) mass is 507 g/mol. The van der Waals surface area contributed by atoms with Crippen molar-refractivity contribution in [3.8, 4) is 17.2 Å². The summed E-state index contributed by atoms with van der Waals surface area (Å²) in [5, 5.41) is 16.7. The number of oxazole rings is 1. The van der Waals surface area contributed by atoms with Crippen molar-refractivity contribution in [1.82, 2.24) is 9.97 Å². The van der Waals surface area contributed by atoms with Crippen LogP contribution in [0.25, 0.3) is 11.5 Å². The van der Waals surface area contributed by atoms with E-state index in [2.05, 4.69) is 25.5 Å². The van der Waals surface area contributed by atoms with E-state index < -0.39 is 11.5 Å². The number of aliphatic hydroxyl groups is 1. The normalized spacial score (nSPS) is 17.2. The van der Waals surface area contributed by atoms with Crippen molar-refractivity contribution in [3.63, 3.8) is 0 Å². The molecule has 0 aliphatic carbocycles. The Bertz CT molecular complexity index is 1280. The molecule has 1 atom stereocenters. The fourth-order valence-electron chi connectivity index (χ4n) is 4.36. The van der Waals surface area contributed by atoms with E-state index in [1.54, 1.807) is 12.3 Å². The number of hydrogen-bond acceptors (Lipinski definition) is 9. The molecule has 1 amide bonds. The zero-order valence-electron chi connectivity index (χ0n) is 21.6. The number of amides is 1. The second-order valence-corrected chi connectivity index (χ2v) is 10.4. The largest absolute Gasteiger partial charge is 0.491 e. The van der Waals surface area contributed by atoms with E-state index in [4.69, 9.17) is 13.9 Å². The van der Waals surface area contributed by atoms with Gasteiger partial charge in [-0.25, -0.2) is 4.98 Å². The Kier molecular flexibility index (Phi) is 6.78. The molecule has 4 heterocycles. The summed E-state index contributed by atoms with van der Waals surface area (Å²) in [7, 11) is 1.99. The summed E-state index contributed by atoms with van der Waals surface area (Å²) in [4.78, 5) is 23.8. The predicted molar refractivity (Wildman–Crippen MR) is 140 cm³/mol. The number of nitrogens with one attached hydrogen (secondary N) is 2. The van der Waals surface area contributed by atoms with Crippen LogP contribution in [0.5, 0.6) is 5.75 Å². The molecule has 0 radical (unpaired) electrons. The molecule has 2 aliphatic heterocycles. The van der Waals surface area contributed by atoms with Crippen LogP contribution in [0.3, 0.4) is 0 Å². The van der Waals surface area contributed by atoms with Gasteiger partial charge in [0, 0.05) is 36.5 Å². The Morgan fingerprint density at radius 2 is 2.14 bits per heavy atom. The van der Waals surface area contributed by atoms with Crippen molar-refractivity contribution in [1.29, 1.82) is 0 Å². The maximum Gasteiger partial charge on any atom is 0.277 e. The summed E-state index contributed by atoms with van der Waals surface area (Å²) in [5.41, 5.74) is 3.39. The topological polar surface area (TPSA) is 122 Å². The van der Waals surface area contributed by atoms with Gasteiger partial charge in [0.1, 0.15) is 12.0 Å². The van der Waals surface area contributed by atoms with E-state index in [1.165, 1.54) is 6.26 Å². The van der Waals surface area contributed by atoms with E-state index in [0.717, 1.165) is 29.1 Å². The lowest BCUT2D eigenvalue weighted by molar-refractivity contribution is -0.0507. The standard InChI is InChI=1S/C27H33N5O5/c1-16-9-18(6-8-28-16)26-31-21(15-37-26)25(33)30-20-10-22-19(11-23(20)36-14-17-12-35-13-17)29-24(32(22)4)5-7-27(2,3)34/h6,8-11,15,17,24,29,34H,5,7,12-14H2,1-4H3,(H,30,33). The zero-order valence-corrected chi connectivity index (χ0v) is 21.6. The summed E-state index contributed by atoms with van der Waals surface area (Å²) in [6.07, 6.45) is 4.43. The Labute approximate surface area is 216 Å². The number of ether oxygens (including phenoxy) is 2. The highest BCUT2D eigenvalue weighted by molar-refractivity contribution is 6.04. The highest BCUT2D eigenvalue weighted by atomic mass is 16.5. The molecule has 3 aromatic rings. The second-order valence-electron chi connectivity index (χ2n) is 10.4. The minimum atomic E-state index is -0.749. The molecule has 5 rings (SSSR count). The first-order valence-corrected chi connectivity index (χ1v) is 12.5. The number of rotatable bonds is 9. The molecule has 3 N–H and O–H groups in total. The molecule has 1 fully saturated rings. The van der Waals surface area contributed by atoms with Crippen molar-refractivity contribution < 1.29 is 23.8 Å². The Morgan fingerprint density at radius 3 is 2.84 bits per heavy atom. The number of carbonyl (C=O) groups is 1. The van der Waals surface area contributed by atoms with E-state index >= 15 is 0 Å². The van der Waals surface area contributed by atoms with E-state index in [1.807, 2.05) is 46.0 Å². The molecule has 0 saturated carbocycles. The highest BCUT2D eigenvalue weighted by Gasteiger charge is 2.30. The van der Waals surface area contributed by atoms with Gasteiger partial charge >= 0.3 is 0 Å². The Hall–Kier alpha value is -3.63. The average Bonchev–Trinajstić information content (AvgIpc) is 3.42. The molecule has 10 heteroatoms. The molecular formula is C27H33N5O5. The molecule has 196 valence electrons. The Balaban J connectivity index is 1.37. The fraction of sp³-hybridized carbons (Fsp3) is 0.444. The summed E-state index contributed by atoms with van der Waals surface area (Å²) in [5.74, 6) is 0.847. The molecule has 1 saturated heterocycles. The van der Waals surface area contributed by atoms with Crippen LogP contribution in [0.15, 0.2) is 41.1 Å². The third kappa shape index (κ3) is 5.70. The highest BCUT2D eigenvalue weighted by Crippen LogP contribution is 2.42. The maximum absolute atomic E-state index is 13.2. The Morgan fingerprint density at radius 1 is 1.32 bits per heavy atom. The van der Waals surface area contributed by atoms with Crippen LogP contribution in [0, 0.1) is 12.8 Å². The van der Waals surface area contributed by atoms with E-state index in [0.29, 0.717) is 49.5 Å². The lowest BCUT2D eigenvalue weighted by Crippen LogP contribution is -2.34. The van der Waals surface area contributed by atoms with Gasteiger partial charge in [-0.2, -0.15) is 0 Å². The third-order valence-electron chi connectivity index (χ3n) is 6.61. The summed E-state index contributed by atoms with van der Waals surface area (Å²) in [6, 6.07) is 7.46. The van der Waals surface area contributed by atoms with E-state index in [-0.39, 0.29) is 11.9 Å². The first kappa shape index (κ1) is 25.0. The number of hydrogen-bond donors (Lipinski definition) is 3. The number of fused-ring (bicyclic) bond motifs is 1. The van der Waals surface area contributed by atoms with Gasteiger partial charge in [0.25, 0.3) is 5.91 Å². The minimum absolute atomic E-state index is 0.0159. The van der Waals surface area contributed by atoms with Crippen LogP contribution >= 0.6 is 0 Å². The third-order valence-corrected chi connectivity index (χ3v) is 6.61. The van der Waals surface area contributed by atoms with Crippen molar-refractivity contribution in [2.75, 3.05) is 42.4 Å². The van der Waals surface area contributed by atoms with Crippen LogP contribution < -0.4 is 20.3 Å². The quantitative estimate of drug-likeness (QED) is 0.393. The van der Waals surface area contributed by atoms with Crippen molar-refractivity contribution in [3.05, 3.63) is 48.1 Å². The van der Waals surface area contributed by atoms with Gasteiger partial charge < -0.3 is 34.5 Å². The zero-order chi connectivity index (χ0) is 26.2. The molecular weight excluding hydrogens is 474 g/mol. The maximum atomic E-state index is 13.2. The van der Waals surface area contributed by atoms with Gasteiger partial charge in [0.05, 0.1) is 48.6 Å².